The average molecular weight is 413 g/mol. The number of sulfonamides is 1. The molecule has 1 fully saturated rings. The molecular weight excluding hydrogens is 388 g/mol. The first-order valence-corrected chi connectivity index (χ1v) is 11.0. The van der Waals surface area contributed by atoms with Gasteiger partial charge in [0.05, 0.1) is 16.5 Å². The molecule has 3 rings (SSSR count). The molecule has 152 valence electrons. The highest BCUT2D eigenvalue weighted by molar-refractivity contribution is 7.89. The predicted molar refractivity (Wildman–Crippen MR) is 110 cm³/mol. The minimum absolute atomic E-state index is 0.0133. The number of nitrogens with zero attached hydrogens (tertiary/aromatic N) is 3. The Balaban J connectivity index is 1.67. The van der Waals surface area contributed by atoms with Crippen LogP contribution in [0.4, 0.5) is 0 Å². The third-order valence-electron chi connectivity index (χ3n) is 5.11. The standard InChI is InChI=1S/C21H24N4O3S/c1-16-3-8-19(13-20(16)29(23,27)28)21(26)25-10-2-9-24(11-12-25)15-18-6-4-17(14-22)5-7-18/h3-8,13H,2,9-12,15H2,1H3,(H2,23,27,28). The van der Waals surface area contributed by atoms with Gasteiger partial charge in [0, 0.05) is 38.3 Å². The van der Waals surface area contributed by atoms with Gasteiger partial charge in [0.1, 0.15) is 0 Å². The molecule has 7 nitrogen and oxygen atoms in total. The fourth-order valence-corrected chi connectivity index (χ4v) is 4.31. The summed E-state index contributed by atoms with van der Waals surface area (Å²) < 4.78 is 23.5. The van der Waals surface area contributed by atoms with Crippen LogP contribution in [0.3, 0.4) is 0 Å². The summed E-state index contributed by atoms with van der Waals surface area (Å²) in [5, 5.41) is 14.2. The first kappa shape index (κ1) is 21.0. The number of rotatable bonds is 4. The predicted octanol–water partition coefficient (Wildman–Crippen LogP) is 1.86. The molecule has 0 unspecified atom stereocenters. The van der Waals surface area contributed by atoms with Gasteiger partial charge in [-0.3, -0.25) is 9.69 Å². The number of hydrogen-bond donors (Lipinski definition) is 1. The van der Waals surface area contributed by atoms with E-state index in [0.29, 0.717) is 29.8 Å². The number of benzene rings is 2. The molecule has 1 aliphatic rings. The minimum Gasteiger partial charge on any atom is -0.337 e. The number of carbonyl (C=O) groups is 1. The second-order valence-corrected chi connectivity index (χ2v) is 8.79. The first-order chi connectivity index (χ1) is 13.8. The lowest BCUT2D eigenvalue weighted by molar-refractivity contribution is 0.0761. The Bertz CT molecular complexity index is 1040. The molecule has 0 radical (unpaired) electrons. The van der Waals surface area contributed by atoms with Crippen molar-refractivity contribution in [3.63, 3.8) is 0 Å². The van der Waals surface area contributed by atoms with Crippen LogP contribution in [0.2, 0.25) is 0 Å². The van der Waals surface area contributed by atoms with E-state index in [1.807, 2.05) is 24.3 Å². The van der Waals surface area contributed by atoms with Gasteiger partial charge in [-0.15, -0.1) is 0 Å². The quantitative estimate of drug-likeness (QED) is 0.825. The third kappa shape index (κ3) is 5.21. The normalized spacial score (nSPS) is 15.6. The molecule has 0 spiro atoms. The fraction of sp³-hybridized carbons (Fsp3) is 0.333. The van der Waals surface area contributed by atoms with Crippen molar-refractivity contribution in [2.24, 2.45) is 5.14 Å². The van der Waals surface area contributed by atoms with Crippen LogP contribution in [-0.2, 0) is 16.6 Å². The highest BCUT2D eigenvalue weighted by Gasteiger charge is 2.22. The van der Waals surface area contributed by atoms with Gasteiger partial charge >= 0.3 is 0 Å². The topological polar surface area (TPSA) is 108 Å². The van der Waals surface area contributed by atoms with E-state index in [9.17, 15) is 13.2 Å². The Morgan fingerprint density at radius 1 is 1.10 bits per heavy atom. The summed E-state index contributed by atoms with van der Waals surface area (Å²) in [7, 11) is -3.87. The number of primary sulfonamides is 1. The van der Waals surface area contributed by atoms with Gasteiger partial charge in [0.15, 0.2) is 0 Å². The summed E-state index contributed by atoms with van der Waals surface area (Å²) >= 11 is 0. The monoisotopic (exact) mass is 412 g/mol. The van der Waals surface area contributed by atoms with Crippen LogP contribution >= 0.6 is 0 Å². The maximum atomic E-state index is 12.9. The molecule has 1 amide bonds. The molecular formula is C21H24N4O3S. The molecule has 0 bridgehead atoms. The van der Waals surface area contributed by atoms with Crippen molar-refractivity contribution in [3.05, 3.63) is 64.7 Å². The second kappa shape index (κ2) is 8.74. The summed E-state index contributed by atoms with van der Waals surface area (Å²) in [6.07, 6.45) is 0.829. The maximum absolute atomic E-state index is 12.9. The van der Waals surface area contributed by atoms with Crippen molar-refractivity contribution in [2.75, 3.05) is 26.2 Å². The van der Waals surface area contributed by atoms with E-state index in [4.69, 9.17) is 10.4 Å². The fourth-order valence-electron chi connectivity index (χ4n) is 3.50. The van der Waals surface area contributed by atoms with Crippen LogP contribution in [0.25, 0.3) is 0 Å². The first-order valence-electron chi connectivity index (χ1n) is 9.42. The number of nitrogens with two attached hydrogens (primary N) is 1. The molecule has 0 aromatic heterocycles. The van der Waals surface area contributed by atoms with Crippen molar-refractivity contribution in [1.29, 1.82) is 5.26 Å². The van der Waals surface area contributed by atoms with E-state index in [1.54, 1.807) is 24.0 Å². The van der Waals surface area contributed by atoms with E-state index < -0.39 is 10.0 Å². The molecule has 0 aliphatic carbocycles. The Morgan fingerprint density at radius 3 is 2.48 bits per heavy atom. The van der Waals surface area contributed by atoms with E-state index >= 15 is 0 Å². The van der Waals surface area contributed by atoms with Crippen LogP contribution in [0, 0.1) is 18.3 Å². The molecule has 2 aromatic rings. The Morgan fingerprint density at radius 2 is 1.83 bits per heavy atom. The number of amides is 1. The van der Waals surface area contributed by atoms with Gasteiger partial charge in [-0.25, -0.2) is 13.6 Å². The summed E-state index contributed by atoms with van der Waals surface area (Å²) in [6.45, 7) is 5.17. The highest BCUT2D eigenvalue weighted by atomic mass is 32.2. The molecule has 1 heterocycles. The summed E-state index contributed by atoms with van der Waals surface area (Å²) in [6, 6.07) is 14.3. The van der Waals surface area contributed by atoms with Gasteiger partial charge in [-0.1, -0.05) is 18.2 Å². The van der Waals surface area contributed by atoms with Crippen LogP contribution in [0.15, 0.2) is 47.4 Å². The lowest BCUT2D eigenvalue weighted by atomic mass is 10.1. The van der Waals surface area contributed by atoms with Crippen molar-refractivity contribution < 1.29 is 13.2 Å². The van der Waals surface area contributed by atoms with Crippen molar-refractivity contribution in [3.8, 4) is 6.07 Å². The SMILES string of the molecule is Cc1ccc(C(=O)N2CCCN(Cc3ccc(C#N)cc3)CC2)cc1S(N)(=O)=O. The van der Waals surface area contributed by atoms with Gasteiger partial charge in [-0.2, -0.15) is 5.26 Å². The van der Waals surface area contributed by atoms with Crippen LogP contribution < -0.4 is 5.14 Å². The zero-order chi connectivity index (χ0) is 21.0. The lowest BCUT2D eigenvalue weighted by Gasteiger charge is -2.22. The molecule has 0 saturated carbocycles. The van der Waals surface area contributed by atoms with E-state index in [2.05, 4.69) is 11.0 Å². The highest BCUT2D eigenvalue weighted by Crippen LogP contribution is 2.18. The minimum atomic E-state index is -3.87. The number of hydrogen-bond acceptors (Lipinski definition) is 5. The molecule has 0 atom stereocenters. The summed E-state index contributed by atoms with van der Waals surface area (Å²) in [5.41, 5.74) is 2.62. The van der Waals surface area contributed by atoms with Crippen LogP contribution in [0.5, 0.6) is 0 Å². The van der Waals surface area contributed by atoms with E-state index in [0.717, 1.165) is 31.6 Å². The average Bonchev–Trinajstić information content (AvgIpc) is 2.93. The lowest BCUT2D eigenvalue weighted by Crippen LogP contribution is -2.35. The maximum Gasteiger partial charge on any atom is 0.253 e. The Hall–Kier alpha value is -2.73. The van der Waals surface area contributed by atoms with Crippen LogP contribution in [-0.4, -0.2) is 50.3 Å². The summed E-state index contributed by atoms with van der Waals surface area (Å²) in [4.78, 5) is 16.9. The number of nitriles is 1. The van der Waals surface area contributed by atoms with Gasteiger partial charge in [0.25, 0.3) is 5.91 Å². The third-order valence-corrected chi connectivity index (χ3v) is 6.16. The number of carbonyl (C=O) groups excluding carboxylic acids is 1. The molecule has 1 saturated heterocycles. The van der Waals surface area contributed by atoms with Gasteiger partial charge < -0.3 is 4.90 Å². The van der Waals surface area contributed by atoms with Crippen molar-refractivity contribution in [2.45, 2.75) is 24.8 Å². The van der Waals surface area contributed by atoms with E-state index in [1.165, 1.54) is 6.07 Å². The molecule has 2 N–H and O–H groups in total. The smallest absolute Gasteiger partial charge is 0.253 e. The Kier molecular flexibility index (Phi) is 6.33. The molecule has 2 aromatic carbocycles. The largest absolute Gasteiger partial charge is 0.337 e. The molecule has 8 heteroatoms. The van der Waals surface area contributed by atoms with Gasteiger partial charge in [0.2, 0.25) is 10.0 Å². The zero-order valence-electron chi connectivity index (χ0n) is 16.3. The molecule has 29 heavy (non-hydrogen) atoms. The van der Waals surface area contributed by atoms with Crippen LogP contribution in [0.1, 0.15) is 33.5 Å². The van der Waals surface area contributed by atoms with E-state index in [-0.39, 0.29) is 10.8 Å². The summed E-state index contributed by atoms with van der Waals surface area (Å²) in [5.74, 6) is -0.185. The Labute approximate surface area is 171 Å². The van der Waals surface area contributed by atoms with Crippen molar-refractivity contribution in [1.82, 2.24) is 9.80 Å². The van der Waals surface area contributed by atoms with Gasteiger partial charge in [-0.05, 0) is 48.7 Å². The van der Waals surface area contributed by atoms with Crippen molar-refractivity contribution >= 4 is 15.9 Å². The number of aryl methyl sites for hydroxylation is 1. The second-order valence-electron chi connectivity index (χ2n) is 7.26. The molecule has 1 aliphatic heterocycles. The zero-order valence-corrected chi connectivity index (χ0v) is 17.2.